The van der Waals surface area contributed by atoms with Gasteiger partial charge in [-0.1, -0.05) is 182 Å². The summed E-state index contributed by atoms with van der Waals surface area (Å²) in [7, 11) is 0. The Morgan fingerprint density at radius 3 is 0.935 bits per heavy atom. The maximum absolute atomic E-state index is 6.77. The molecule has 290 valence electrons. The first-order valence-corrected chi connectivity index (χ1v) is 21.1. The first kappa shape index (κ1) is 35.8. The lowest BCUT2D eigenvalue weighted by atomic mass is 9.65. The molecule has 2 aromatic heterocycles. The van der Waals surface area contributed by atoms with E-state index in [1.165, 1.54) is 22.3 Å². The van der Waals surface area contributed by atoms with E-state index in [4.69, 9.17) is 14.7 Å². The molecule has 2 aliphatic rings. The van der Waals surface area contributed by atoms with Gasteiger partial charge < -0.3 is 4.74 Å². The molecule has 0 saturated carbocycles. The summed E-state index contributed by atoms with van der Waals surface area (Å²) in [5.74, 6) is 1.73. The van der Waals surface area contributed by atoms with Crippen molar-refractivity contribution in [1.82, 2.24) is 9.97 Å². The van der Waals surface area contributed by atoms with Crippen LogP contribution < -0.4 is 4.74 Å². The Hall–Kier alpha value is -8.14. The fourth-order valence-electron chi connectivity index (χ4n) is 9.68. The monoisotopic (exact) mass is 790 g/mol. The summed E-state index contributed by atoms with van der Waals surface area (Å²) in [6.45, 7) is 0. The summed E-state index contributed by atoms with van der Waals surface area (Å²) < 4.78 is 6.77. The second-order valence-corrected chi connectivity index (χ2v) is 16.1. The minimum absolute atomic E-state index is 0.669. The number of aromatic nitrogens is 2. The van der Waals surface area contributed by atoms with Gasteiger partial charge in [-0.3, -0.25) is 0 Å². The van der Waals surface area contributed by atoms with Crippen molar-refractivity contribution in [3.63, 3.8) is 0 Å². The van der Waals surface area contributed by atoms with Crippen LogP contribution in [0.4, 0.5) is 0 Å². The zero-order valence-electron chi connectivity index (χ0n) is 33.7. The average molecular weight is 791 g/mol. The van der Waals surface area contributed by atoms with Gasteiger partial charge in [0.25, 0.3) is 0 Å². The Morgan fingerprint density at radius 2 is 0.581 bits per heavy atom. The molecule has 0 bridgehead atoms. The number of hydrogen-bond acceptors (Lipinski definition) is 3. The zero-order valence-corrected chi connectivity index (χ0v) is 33.7. The van der Waals surface area contributed by atoms with Crippen molar-refractivity contribution in [3.05, 3.63) is 253 Å². The van der Waals surface area contributed by atoms with Crippen molar-refractivity contribution in [2.45, 2.75) is 5.41 Å². The molecule has 3 heteroatoms. The Labute approximate surface area is 361 Å². The van der Waals surface area contributed by atoms with E-state index in [9.17, 15) is 0 Å². The van der Waals surface area contributed by atoms with Crippen LogP contribution in [-0.4, -0.2) is 9.97 Å². The maximum Gasteiger partial charge on any atom is 0.132 e. The van der Waals surface area contributed by atoms with Crippen molar-refractivity contribution in [2.75, 3.05) is 0 Å². The molecule has 0 N–H and O–H groups in total. The van der Waals surface area contributed by atoms with E-state index in [0.29, 0.717) is 0 Å². The van der Waals surface area contributed by atoms with Crippen LogP contribution in [0.15, 0.2) is 231 Å². The van der Waals surface area contributed by atoms with Crippen molar-refractivity contribution in [3.8, 4) is 89.9 Å². The van der Waals surface area contributed by atoms with E-state index in [1.807, 2.05) is 0 Å². The first-order valence-electron chi connectivity index (χ1n) is 21.1. The van der Waals surface area contributed by atoms with Crippen molar-refractivity contribution in [2.24, 2.45) is 0 Å². The molecule has 0 atom stereocenters. The van der Waals surface area contributed by atoms with Crippen molar-refractivity contribution >= 4 is 0 Å². The Bertz CT molecular complexity index is 2970. The van der Waals surface area contributed by atoms with Gasteiger partial charge in [0, 0.05) is 33.4 Å². The van der Waals surface area contributed by atoms with E-state index < -0.39 is 5.41 Å². The van der Waals surface area contributed by atoms with Crippen LogP contribution in [0.25, 0.3) is 78.4 Å². The zero-order chi connectivity index (χ0) is 41.0. The largest absolute Gasteiger partial charge is 0.457 e. The van der Waals surface area contributed by atoms with Crippen LogP contribution in [0.1, 0.15) is 22.3 Å². The summed E-state index contributed by atoms with van der Waals surface area (Å²) in [6.07, 6.45) is 0. The Morgan fingerprint density at radius 1 is 0.258 bits per heavy atom. The number of benzene rings is 8. The van der Waals surface area contributed by atoms with Gasteiger partial charge in [-0.05, 0) is 93.0 Å². The SMILES string of the molecule is c1ccc(-c2cc(-c3ccc4c(c3)C3(c5ccccc5Oc5ccccc53)c3cc(-c5cc(-c6ccccc6)nc(-c6ccccc6)c5)ccc3-4)cc(-c3ccccc3)n2)cc1. The van der Waals surface area contributed by atoms with Gasteiger partial charge in [-0.15, -0.1) is 0 Å². The molecule has 3 nitrogen and oxygen atoms in total. The van der Waals surface area contributed by atoms with E-state index in [1.54, 1.807) is 0 Å². The van der Waals surface area contributed by atoms with Gasteiger partial charge in [0.05, 0.1) is 28.2 Å². The number of ether oxygens (including phenoxy) is 1. The highest BCUT2D eigenvalue weighted by Gasteiger charge is 2.51. The van der Waals surface area contributed by atoms with E-state index >= 15 is 0 Å². The maximum atomic E-state index is 6.77. The van der Waals surface area contributed by atoms with E-state index in [2.05, 4.69) is 231 Å². The summed E-state index contributed by atoms with van der Waals surface area (Å²) >= 11 is 0. The van der Waals surface area contributed by atoms with Crippen LogP contribution in [0.2, 0.25) is 0 Å². The topological polar surface area (TPSA) is 35.0 Å². The predicted octanol–water partition coefficient (Wildman–Crippen LogP) is 14.9. The molecule has 1 spiro atoms. The lowest BCUT2D eigenvalue weighted by molar-refractivity contribution is 0.436. The highest BCUT2D eigenvalue weighted by molar-refractivity contribution is 5.93. The van der Waals surface area contributed by atoms with Crippen LogP contribution in [-0.2, 0) is 5.41 Å². The van der Waals surface area contributed by atoms with E-state index in [0.717, 1.165) is 89.9 Å². The van der Waals surface area contributed by atoms with Crippen LogP contribution in [0, 0.1) is 0 Å². The molecule has 0 unspecified atom stereocenters. The number of fused-ring (bicyclic) bond motifs is 9. The summed E-state index contributed by atoms with van der Waals surface area (Å²) in [5, 5.41) is 0. The number of pyridine rings is 2. The summed E-state index contributed by atoms with van der Waals surface area (Å²) in [4.78, 5) is 10.4. The minimum atomic E-state index is -0.669. The smallest absolute Gasteiger partial charge is 0.132 e. The highest BCUT2D eigenvalue weighted by atomic mass is 16.5. The molecule has 1 aliphatic heterocycles. The predicted molar refractivity (Wildman–Crippen MR) is 252 cm³/mol. The normalized spacial score (nSPS) is 12.8. The molecule has 0 fully saturated rings. The molecule has 62 heavy (non-hydrogen) atoms. The molecule has 1 aliphatic carbocycles. The fourth-order valence-corrected chi connectivity index (χ4v) is 9.68. The third-order valence-electron chi connectivity index (χ3n) is 12.5. The second-order valence-electron chi connectivity index (χ2n) is 16.1. The van der Waals surface area contributed by atoms with Gasteiger partial charge in [0.2, 0.25) is 0 Å². The first-order chi connectivity index (χ1) is 30.7. The van der Waals surface area contributed by atoms with Crippen molar-refractivity contribution < 1.29 is 4.74 Å². The van der Waals surface area contributed by atoms with Gasteiger partial charge in [-0.25, -0.2) is 9.97 Å². The lowest BCUT2D eigenvalue weighted by Crippen LogP contribution is -2.32. The summed E-state index contributed by atoms with van der Waals surface area (Å²) in [5.41, 5.74) is 19.0. The van der Waals surface area contributed by atoms with Gasteiger partial charge >= 0.3 is 0 Å². The number of para-hydroxylation sites is 2. The third-order valence-corrected chi connectivity index (χ3v) is 12.5. The fraction of sp³-hybridized carbons (Fsp3) is 0.0169. The molecule has 0 amide bonds. The second kappa shape index (κ2) is 14.5. The average Bonchev–Trinajstić information content (AvgIpc) is 3.64. The number of hydrogen-bond donors (Lipinski definition) is 0. The Kier molecular flexibility index (Phi) is 8.39. The molecule has 3 heterocycles. The summed E-state index contributed by atoms with van der Waals surface area (Å²) in [6, 6.07) is 82.1. The number of rotatable bonds is 6. The molecule has 0 radical (unpaired) electrons. The number of nitrogens with zero attached hydrogens (tertiary/aromatic N) is 2. The third kappa shape index (κ3) is 5.82. The van der Waals surface area contributed by atoms with Crippen LogP contribution in [0.5, 0.6) is 11.5 Å². The molecule has 0 saturated heterocycles. The van der Waals surface area contributed by atoms with Gasteiger partial charge in [0.15, 0.2) is 0 Å². The molecular formula is C59H38N2O. The van der Waals surface area contributed by atoms with Crippen LogP contribution in [0.3, 0.4) is 0 Å². The quantitative estimate of drug-likeness (QED) is 0.168. The molecule has 12 rings (SSSR count). The lowest BCUT2D eigenvalue weighted by Gasteiger charge is -2.39. The van der Waals surface area contributed by atoms with E-state index in [-0.39, 0.29) is 0 Å². The Balaban J connectivity index is 1.11. The van der Waals surface area contributed by atoms with Gasteiger partial charge in [-0.2, -0.15) is 0 Å². The standard InChI is InChI=1S/C59H38N2O/c1-5-17-39(18-6-1)53-35-45(36-54(60-53)40-19-7-2-8-20-40)43-29-31-47-48-32-30-44(46-37-55(41-21-9-3-10-22-41)61-56(38-46)42-23-11-4-12-24-42)34-52(48)59(51(47)33-43)49-25-13-15-27-57(49)62-58-28-16-14-26-50(58)59/h1-38H. The molecule has 10 aromatic rings. The molecular weight excluding hydrogens is 753 g/mol. The minimum Gasteiger partial charge on any atom is -0.457 e. The highest BCUT2D eigenvalue weighted by Crippen LogP contribution is 2.63. The van der Waals surface area contributed by atoms with Crippen LogP contribution >= 0.6 is 0 Å². The van der Waals surface area contributed by atoms with Gasteiger partial charge in [0.1, 0.15) is 11.5 Å². The molecule has 8 aromatic carbocycles. The van der Waals surface area contributed by atoms with Crippen molar-refractivity contribution in [1.29, 1.82) is 0 Å².